The summed E-state index contributed by atoms with van der Waals surface area (Å²) >= 11 is 0. The molecule has 0 saturated carbocycles. The van der Waals surface area contributed by atoms with Crippen molar-refractivity contribution < 1.29 is 19.8 Å². The Morgan fingerprint density at radius 3 is 2.12 bits per heavy atom. The average molecular weight is 246 g/mol. The Kier molecular flexibility index (Phi) is 7.49. The predicted molar refractivity (Wildman–Crippen MR) is 64.1 cm³/mol. The Bertz CT molecular complexity index is 256. The molecule has 0 heterocycles. The second-order valence-electron chi connectivity index (χ2n) is 4.35. The van der Waals surface area contributed by atoms with Crippen LogP contribution in [0.5, 0.6) is 0 Å². The first-order chi connectivity index (χ1) is 7.84. The minimum Gasteiger partial charge on any atom is -0.481 e. The molecule has 0 aliphatic rings. The van der Waals surface area contributed by atoms with Crippen molar-refractivity contribution in [2.45, 2.75) is 25.8 Å². The molecule has 100 valence electrons. The van der Waals surface area contributed by atoms with Crippen LogP contribution in [0, 0.1) is 0 Å². The smallest absolute Gasteiger partial charge is 0.320 e. The third-order valence-corrected chi connectivity index (χ3v) is 2.57. The van der Waals surface area contributed by atoms with Crippen LogP contribution in [0.15, 0.2) is 0 Å². The zero-order valence-electron chi connectivity index (χ0n) is 10.7. The molecule has 0 aromatic heterocycles. The van der Waals surface area contributed by atoms with Crippen LogP contribution in [0.1, 0.15) is 19.8 Å². The minimum absolute atomic E-state index is 0.0282. The van der Waals surface area contributed by atoms with Crippen LogP contribution in [0.2, 0.25) is 0 Å². The Morgan fingerprint density at radius 2 is 1.71 bits per heavy atom. The monoisotopic (exact) mass is 246 g/mol. The second kappa shape index (κ2) is 8.03. The van der Waals surface area contributed by atoms with Crippen molar-refractivity contribution >= 4 is 11.9 Å². The van der Waals surface area contributed by atoms with E-state index < -0.39 is 18.0 Å². The highest BCUT2D eigenvalue weighted by Crippen LogP contribution is 2.03. The van der Waals surface area contributed by atoms with Crippen molar-refractivity contribution in [3.63, 3.8) is 0 Å². The second-order valence-corrected chi connectivity index (χ2v) is 4.35. The largest absolute Gasteiger partial charge is 0.481 e. The Balaban J connectivity index is 4.19. The lowest BCUT2D eigenvalue weighted by Crippen LogP contribution is -2.41. The fourth-order valence-electron chi connectivity index (χ4n) is 1.48. The summed E-state index contributed by atoms with van der Waals surface area (Å²) in [7, 11) is 3.89. The third kappa shape index (κ3) is 7.70. The summed E-state index contributed by atoms with van der Waals surface area (Å²) in [6.45, 7) is 3.31. The van der Waals surface area contributed by atoms with Gasteiger partial charge in [-0.2, -0.15) is 0 Å². The van der Waals surface area contributed by atoms with Crippen LogP contribution in [0.3, 0.4) is 0 Å². The van der Waals surface area contributed by atoms with Crippen LogP contribution in [0.25, 0.3) is 0 Å². The van der Waals surface area contributed by atoms with Crippen molar-refractivity contribution in [3.05, 3.63) is 0 Å². The fraction of sp³-hybridized carbons (Fsp3) is 0.818. The van der Waals surface area contributed by atoms with Crippen molar-refractivity contribution in [3.8, 4) is 0 Å². The van der Waals surface area contributed by atoms with Gasteiger partial charge in [0.15, 0.2) is 0 Å². The molecule has 0 aliphatic carbocycles. The van der Waals surface area contributed by atoms with Crippen molar-refractivity contribution in [2.75, 3.05) is 33.7 Å². The van der Waals surface area contributed by atoms with Gasteiger partial charge in [-0.3, -0.25) is 14.5 Å². The molecule has 2 N–H and O–H groups in total. The maximum atomic E-state index is 10.9. The van der Waals surface area contributed by atoms with Gasteiger partial charge in [0.25, 0.3) is 0 Å². The summed E-state index contributed by atoms with van der Waals surface area (Å²) in [4.78, 5) is 25.1. The fourth-order valence-corrected chi connectivity index (χ4v) is 1.48. The number of nitrogens with zero attached hydrogens (tertiary/aromatic N) is 2. The lowest BCUT2D eigenvalue weighted by Gasteiger charge is -2.26. The van der Waals surface area contributed by atoms with E-state index in [1.807, 2.05) is 19.0 Å². The van der Waals surface area contributed by atoms with Crippen LogP contribution < -0.4 is 0 Å². The van der Waals surface area contributed by atoms with E-state index in [0.717, 1.165) is 13.0 Å². The van der Waals surface area contributed by atoms with Gasteiger partial charge in [0.2, 0.25) is 0 Å². The molecule has 0 radical (unpaired) electrons. The molecule has 0 aromatic carbocycles. The number of hydrogen-bond donors (Lipinski definition) is 2. The molecular weight excluding hydrogens is 224 g/mol. The quantitative estimate of drug-likeness (QED) is 0.604. The zero-order valence-corrected chi connectivity index (χ0v) is 10.7. The molecule has 0 fully saturated rings. The van der Waals surface area contributed by atoms with Crippen LogP contribution >= 0.6 is 0 Å². The van der Waals surface area contributed by atoms with Gasteiger partial charge in [-0.15, -0.1) is 0 Å². The summed E-state index contributed by atoms with van der Waals surface area (Å²) in [6, 6.07) is -0.642. The first kappa shape index (κ1) is 15.9. The van der Waals surface area contributed by atoms with Crippen molar-refractivity contribution in [2.24, 2.45) is 0 Å². The lowest BCUT2D eigenvalue weighted by atomic mass is 10.2. The lowest BCUT2D eigenvalue weighted by molar-refractivity contribution is -0.144. The van der Waals surface area contributed by atoms with Gasteiger partial charge in [0.1, 0.15) is 6.04 Å². The number of carboxylic acid groups (broad SMARTS) is 2. The number of carboxylic acids is 2. The number of hydrogen-bond acceptors (Lipinski definition) is 4. The summed E-state index contributed by atoms with van der Waals surface area (Å²) in [5.41, 5.74) is 0. The topological polar surface area (TPSA) is 81.1 Å². The minimum atomic E-state index is -0.916. The standard InChI is InChI=1S/C11H22N2O4/c1-9(11(16)17)13(8-5-10(14)15)7-4-6-12(2)3/h9H,4-8H2,1-3H3,(H,14,15)(H,16,17). The van der Waals surface area contributed by atoms with Crippen LogP contribution in [0.4, 0.5) is 0 Å². The summed E-state index contributed by atoms with van der Waals surface area (Å²) < 4.78 is 0. The molecule has 0 aromatic rings. The summed E-state index contributed by atoms with van der Waals surface area (Å²) in [5.74, 6) is -1.82. The Labute approximate surface area is 102 Å². The molecule has 0 aliphatic heterocycles. The molecule has 6 nitrogen and oxygen atoms in total. The van der Waals surface area contributed by atoms with E-state index >= 15 is 0 Å². The van der Waals surface area contributed by atoms with E-state index in [0.29, 0.717) is 6.54 Å². The molecule has 0 rings (SSSR count). The highest BCUT2D eigenvalue weighted by atomic mass is 16.4. The highest BCUT2D eigenvalue weighted by molar-refractivity contribution is 5.73. The number of carbonyl (C=O) groups is 2. The van der Waals surface area contributed by atoms with Crippen LogP contribution in [-0.2, 0) is 9.59 Å². The van der Waals surface area contributed by atoms with Gasteiger partial charge < -0.3 is 15.1 Å². The molecule has 0 bridgehead atoms. The molecule has 1 unspecified atom stereocenters. The van der Waals surface area contributed by atoms with Gasteiger partial charge in [0.05, 0.1) is 6.42 Å². The Hall–Kier alpha value is -1.14. The maximum Gasteiger partial charge on any atom is 0.320 e. The van der Waals surface area contributed by atoms with Crippen molar-refractivity contribution in [1.29, 1.82) is 0 Å². The Morgan fingerprint density at radius 1 is 1.12 bits per heavy atom. The zero-order chi connectivity index (χ0) is 13.4. The molecule has 0 spiro atoms. The van der Waals surface area contributed by atoms with E-state index in [2.05, 4.69) is 0 Å². The molecule has 17 heavy (non-hydrogen) atoms. The van der Waals surface area contributed by atoms with E-state index in [4.69, 9.17) is 10.2 Å². The summed E-state index contributed by atoms with van der Waals surface area (Å²) in [6.07, 6.45) is 0.795. The third-order valence-electron chi connectivity index (χ3n) is 2.57. The predicted octanol–water partition coefficient (Wildman–Crippen LogP) is 0.188. The van der Waals surface area contributed by atoms with Gasteiger partial charge in [-0.25, -0.2) is 0 Å². The maximum absolute atomic E-state index is 10.9. The average Bonchev–Trinajstić information content (AvgIpc) is 2.21. The number of aliphatic carboxylic acids is 2. The molecule has 0 amide bonds. The first-order valence-electron chi connectivity index (χ1n) is 5.68. The molecular formula is C11H22N2O4. The molecule has 0 saturated heterocycles. The van der Waals surface area contributed by atoms with E-state index in [1.54, 1.807) is 11.8 Å². The van der Waals surface area contributed by atoms with Gasteiger partial charge >= 0.3 is 11.9 Å². The van der Waals surface area contributed by atoms with E-state index in [-0.39, 0.29) is 13.0 Å². The van der Waals surface area contributed by atoms with E-state index in [1.165, 1.54) is 0 Å². The van der Waals surface area contributed by atoms with Gasteiger partial charge in [-0.1, -0.05) is 0 Å². The SMILES string of the molecule is CC(C(=O)O)N(CCCN(C)C)CCC(=O)O. The summed E-state index contributed by atoms with van der Waals surface area (Å²) in [5, 5.41) is 17.5. The van der Waals surface area contributed by atoms with E-state index in [9.17, 15) is 9.59 Å². The van der Waals surface area contributed by atoms with Gasteiger partial charge in [0, 0.05) is 13.1 Å². The van der Waals surface area contributed by atoms with Crippen molar-refractivity contribution in [1.82, 2.24) is 9.80 Å². The van der Waals surface area contributed by atoms with Gasteiger partial charge in [-0.05, 0) is 34.0 Å². The van der Waals surface area contributed by atoms with Crippen LogP contribution in [-0.4, -0.2) is 71.7 Å². The normalized spacial score (nSPS) is 13.0. The molecule has 6 heteroatoms. The molecule has 1 atom stereocenters. The number of rotatable bonds is 9. The highest BCUT2D eigenvalue weighted by Gasteiger charge is 2.20. The first-order valence-corrected chi connectivity index (χ1v) is 5.68.